The molecule has 0 aliphatic rings. The molecule has 0 bridgehead atoms. The summed E-state index contributed by atoms with van der Waals surface area (Å²) < 4.78 is 23.2. The molecule has 1 heterocycles. The molecule has 0 aliphatic heterocycles. The number of pyridine rings is 1. The van der Waals surface area contributed by atoms with Gasteiger partial charge in [-0.25, -0.2) is 9.37 Å². The largest absolute Gasteiger partial charge is 0.505 e. The van der Waals surface area contributed by atoms with Crippen LogP contribution < -0.4 is 10.1 Å². The zero-order chi connectivity index (χ0) is 17.5. The molecule has 1 aromatic heterocycles. The number of nitrogens with zero attached hydrogens (tertiary/aromatic N) is 1. The summed E-state index contributed by atoms with van der Waals surface area (Å²) in [6, 6.07) is 5.61. The van der Waals surface area contributed by atoms with Gasteiger partial charge in [0.25, 0.3) is 5.91 Å². The Hall–Kier alpha value is -2.67. The van der Waals surface area contributed by atoms with Crippen LogP contribution in [0.25, 0.3) is 0 Å². The molecule has 0 atom stereocenters. The zero-order valence-corrected chi connectivity index (χ0v) is 13.5. The van der Waals surface area contributed by atoms with Crippen LogP contribution in [-0.4, -0.2) is 36.3 Å². The standard InChI is InChI=1S/C17H19FN2O4/c1-11-12(10-24-14-5-3-13(18)4-6-14)9-20-15(16(11)21)17(22)19-7-8-23-2/h3-6,9,21H,7-8,10H2,1-2H3,(H,19,22). The fraction of sp³-hybridized carbons (Fsp3) is 0.294. The Labute approximate surface area is 139 Å². The average molecular weight is 334 g/mol. The molecule has 128 valence electrons. The van der Waals surface area contributed by atoms with Gasteiger partial charge >= 0.3 is 0 Å². The second kappa shape index (κ2) is 8.26. The molecule has 6 nitrogen and oxygen atoms in total. The third kappa shape index (κ3) is 4.42. The molecule has 0 radical (unpaired) electrons. The predicted octanol–water partition coefficient (Wildman–Crippen LogP) is 2.19. The van der Waals surface area contributed by atoms with Crippen LogP contribution in [-0.2, 0) is 11.3 Å². The molecule has 0 saturated carbocycles. The maximum absolute atomic E-state index is 12.9. The van der Waals surface area contributed by atoms with Crippen LogP contribution in [0.5, 0.6) is 11.5 Å². The van der Waals surface area contributed by atoms with Crippen LogP contribution in [0.2, 0.25) is 0 Å². The van der Waals surface area contributed by atoms with Crippen molar-refractivity contribution in [2.24, 2.45) is 0 Å². The molecule has 7 heteroatoms. The summed E-state index contributed by atoms with van der Waals surface area (Å²) in [6.07, 6.45) is 1.48. The molecule has 2 rings (SSSR count). The van der Waals surface area contributed by atoms with Crippen LogP contribution in [0.1, 0.15) is 21.6 Å². The van der Waals surface area contributed by atoms with E-state index in [1.54, 1.807) is 6.92 Å². The van der Waals surface area contributed by atoms with Crippen LogP contribution in [0, 0.1) is 12.7 Å². The van der Waals surface area contributed by atoms with Crippen molar-refractivity contribution in [3.05, 3.63) is 53.1 Å². The molecule has 0 spiro atoms. The summed E-state index contributed by atoms with van der Waals surface area (Å²) in [5.74, 6) is -0.512. The number of nitrogens with one attached hydrogen (secondary N) is 1. The topological polar surface area (TPSA) is 80.7 Å². The zero-order valence-electron chi connectivity index (χ0n) is 13.5. The van der Waals surface area contributed by atoms with E-state index in [0.717, 1.165) is 0 Å². The smallest absolute Gasteiger partial charge is 0.273 e. The first-order chi connectivity index (χ1) is 11.5. The Balaban J connectivity index is 2.06. The molecule has 1 aromatic carbocycles. The Bertz CT molecular complexity index is 704. The number of hydrogen-bond donors (Lipinski definition) is 2. The fourth-order valence-electron chi connectivity index (χ4n) is 1.98. The number of carbonyl (C=O) groups is 1. The first-order valence-corrected chi connectivity index (χ1v) is 7.36. The second-order valence-electron chi connectivity index (χ2n) is 5.10. The van der Waals surface area contributed by atoms with Crippen LogP contribution >= 0.6 is 0 Å². The first-order valence-electron chi connectivity index (χ1n) is 7.36. The van der Waals surface area contributed by atoms with Gasteiger partial charge in [-0.3, -0.25) is 4.79 Å². The van der Waals surface area contributed by atoms with E-state index in [0.29, 0.717) is 30.0 Å². The highest BCUT2D eigenvalue weighted by molar-refractivity contribution is 5.95. The third-order valence-electron chi connectivity index (χ3n) is 3.43. The predicted molar refractivity (Wildman–Crippen MR) is 85.6 cm³/mol. The van der Waals surface area contributed by atoms with E-state index < -0.39 is 5.91 Å². The van der Waals surface area contributed by atoms with Gasteiger partial charge in [0.05, 0.1) is 6.61 Å². The number of aromatic hydroxyl groups is 1. The van der Waals surface area contributed by atoms with Gasteiger partial charge in [0.1, 0.15) is 23.9 Å². The number of carbonyl (C=O) groups excluding carboxylic acids is 1. The normalized spacial score (nSPS) is 10.5. The lowest BCUT2D eigenvalue weighted by Crippen LogP contribution is -2.28. The fourth-order valence-corrected chi connectivity index (χ4v) is 1.98. The van der Waals surface area contributed by atoms with Crippen molar-refractivity contribution in [3.8, 4) is 11.5 Å². The van der Waals surface area contributed by atoms with E-state index in [4.69, 9.17) is 9.47 Å². The monoisotopic (exact) mass is 334 g/mol. The summed E-state index contributed by atoms with van der Waals surface area (Å²) in [5, 5.41) is 12.8. The Morgan fingerprint density at radius 1 is 1.33 bits per heavy atom. The number of ether oxygens (including phenoxy) is 2. The van der Waals surface area contributed by atoms with Gasteiger partial charge in [-0.15, -0.1) is 0 Å². The molecule has 0 aliphatic carbocycles. The number of methoxy groups -OCH3 is 1. The summed E-state index contributed by atoms with van der Waals surface area (Å²) in [7, 11) is 1.53. The number of amides is 1. The number of hydrogen-bond acceptors (Lipinski definition) is 5. The number of benzene rings is 1. The van der Waals surface area contributed by atoms with Gasteiger partial charge < -0.3 is 19.9 Å². The lowest BCUT2D eigenvalue weighted by molar-refractivity contribution is 0.0929. The van der Waals surface area contributed by atoms with Crippen molar-refractivity contribution < 1.29 is 23.8 Å². The minimum atomic E-state index is -0.473. The minimum Gasteiger partial charge on any atom is -0.505 e. The van der Waals surface area contributed by atoms with E-state index in [1.807, 2.05) is 0 Å². The van der Waals surface area contributed by atoms with Crippen LogP contribution in [0.4, 0.5) is 4.39 Å². The van der Waals surface area contributed by atoms with E-state index in [-0.39, 0.29) is 23.9 Å². The highest BCUT2D eigenvalue weighted by atomic mass is 19.1. The highest BCUT2D eigenvalue weighted by Gasteiger charge is 2.17. The quantitative estimate of drug-likeness (QED) is 0.759. The molecular weight excluding hydrogens is 315 g/mol. The Kier molecular flexibility index (Phi) is 6.08. The highest BCUT2D eigenvalue weighted by Crippen LogP contribution is 2.24. The molecular formula is C17H19FN2O4. The van der Waals surface area contributed by atoms with E-state index >= 15 is 0 Å². The second-order valence-corrected chi connectivity index (χ2v) is 5.10. The third-order valence-corrected chi connectivity index (χ3v) is 3.43. The maximum Gasteiger partial charge on any atom is 0.273 e. The van der Waals surface area contributed by atoms with Crippen LogP contribution in [0.3, 0.4) is 0 Å². The molecule has 0 unspecified atom stereocenters. The summed E-state index contributed by atoms with van der Waals surface area (Å²) in [6.45, 7) is 2.51. The minimum absolute atomic E-state index is 0.0471. The number of halogens is 1. The van der Waals surface area contributed by atoms with Gasteiger partial charge in [-0.2, -0.15) is 0 Å². The van der Waals surface area contributed by atoms with Gasteiger partial charge in [0, 0.05) is 31.0 Å². The van der Waals surface area contributed by atoms with E-state index in [1.165, 1.54) is 37.6 Å². The maximum atomic E-state index is 12.9. The lowest BCUT2D eigenvalue weighted by Gasteiger charge is -2.12. The van der Waals surface area contributed by atoms with E-state index in [2.05, 4.69) is 10.3 Å². The molecule has 2 aromatic rings. The van der Waals surface area contributed by atoms with Gasteiger partial charge in [0.2, 0.25) is 0 Å². The van der Waals surface area contributed by atoms with Crippen molar-refractivity contribution >= 4 is 5.91 Å². The molecule has 24 heavy (non-hydrogen) atoms. The van der Waals surface area contributed by atoms with Crippen molar-refractivity contribution in [2.75, 3.05) is 20.3 Å². The van der Waals surface area contributed by atoms with E-state index in [9.17, 15) is 14.3 Å². The number of aromatic nitrogens is 1. The van der Waals surface area contributed by atoms with Gasteiger partial charge in [-0.1, -0.05) is 0 Å². The lowest BCUT2D eigenvalue weighted by atomic mass is 10.1. The van der Waals surface area contributed by atoms with Crippen molar-refractivity contribution in [1.29, 1.82) is 0 Å². The molecule has 2 N–H and O–H groups in total. The molecule has 0 saturated heterocycles. The summed E-state index contributed by atoms with van der Waals surface area (Å²) in [5.41, 5.74) is 1.09. The van der Waals surface area contributed by atoms with Gasteiger partial charge in [0.15, 0.2) is 5.69 Å². The van der Waals surface area contributed by atoms with Crippen molar-refractivity contribution in [1.82, 2.24) is 10.3 Å². The van der Waals surface area contributed by atoms with Crippen molar-refractivity contribution in [2.45, 2.75) is 13.5 Å². The number of rotatable bonds is 7. The average Bonchev–Trinajstić information content (AvgIpc) is 2.58. The summed E-state index contributed by atoms with van der Waals surface area (Å²) >= 11 is 0. The summed E-state index contributed by atoms with van der Waals surface area (Å²) in [4.78, 5) is 16.0. The van der Waals surface area contributed by atoms with Crippen LogP contribution in [0.15, 0.2) is 30.5 Å². The Morgan fingerprint density at radius 3 is 2.71 bits per heavy atom. The van der Waals surface area contributed by atoms with Gasteiger partial charge in [-0.05, 0) is 31.2 Å². The van der Waals surface area contributed by atoms with Crippen molar-refractivity contribution in [3.63, 3.8) is 0 Å². The molecule has 1 amide bonds. The first kappa shape index (κ1) is 17.7. The molecule has 0 fully saturated rings. The Morgan fingerprint density at radius 2 is 2.04 bits per heavy atom. The SMILES string of the molecule is COCCNC(=O)c1ncc(COc2ccc(F)cc2)c(C)c1O.